The van der Waals surface area contributed by atoms with Crippen LogP contribution in [0.3, 0.4) is 0 Å². The number of nitro groups is 1. The molecule has 0 unspecified atom stereocenters. The topological polar surface area (TPSA) is 131 Å². The summed E-state index contributed by atoms with van der Waals surface area (Å²) in [5.41, 5.74) is -1.76. The summed E-state index contributed by atoms with van der Waals surface area (Å²) in [5, 5.41) is 15.7. The first-order valence-corrected chi connectivity index (χ1v) is 9.76. The number of amides is 3. The molecule has 176 valence electrons. The zero-order valence-electron chi connectivity index (χ0n) is 17.4. The van der Waals surface area contributed by atoms with Gasteiger partial charge in [-0.2, -0.15) is 13.2 Å². The highest BCUT2D eigenvalue weighted by molar-refractivity contribution is 5.95. The number of nitrogens with zero attached hydrogens (tertiary/aromatic N) is 2. The average molecular weight is 460 g/mol. The van der Waals surface area contributed by atoms with E-state index in [-0.39, 0.29) is 37.7 Å². The highest BCUT2D eigenvalue weighted by atomic mass is 19.4. The van der Waals surface area contributed by atoms with E-state index < -0.39 is 52.8 Å². The number of nitro benzene ring substituents is 1. The number of rotatable bonds is 6. The van der Waals surface area contributed by atoms with E-state index in [2.05, 4.69) is 5.32 Å². The Morgan fingerprint density at radius 3 is 2.41 bits per heavy atom. The van der Waals surface area contributed by atoms with Gasteiger partial charge in [0.25, 0.3) is 11.6 Å². The summed E-state index contributed by atoms with van der Waals surface area (Å²) in [7, 11) is 0. The number of carbonyl (C=O) groups excluding carboxylic acids is 3. The minimum absolute atomic E-state index is 0.0327. The van der Waals surface area contributed by atoms with Crippen molar-refractivity contribution in [3.05, 3.63) is 33.9 Å². The van der Waals surface area contributed by atoms with Crippen LogP contribution in [0.2, 0.25) is 0 Å². The van der Waals surface area contributed by atoms with Crippen LogP contribution in [0.5, 0.6) is 0 Å². The zero-order chi connectivity index (χ0) is 24.1. The number of hydrogen-bond donors (Lipinski definition) is 2. The number of urea groups is 1. The summed E-state index contributed by atoms with van der Waals surface area (Å²) in [4.78, 5) is 47.2. The maximum absolute atomic E-state index is 12.9. The highest BCUT2D eigenvalue weighted by Crippen LogP contribution is 2.37. The fraction of sp³-hybridized carbons (Fsp3) is 0.526. The van der Waals surface area contributed by atoms with Gasteiger partial charge in [0.1, 0.15) is 5.69 Å². The van der Waals surface area contributed by atoms with Gasteiger partial charge in [-0.3, -0.25) is 25.0 Å². The van der Waals surface area contributed by atoms with Crippen LogP contribution in [-0.2, 0) is 20.5 Å². The van der Waals surface area contributed by atoms with E-state index in [9.17, 15) is 37.7 Å². The number of imide groups is 1. The van der Waals surface area contributed by atoms with Crippen LogP contribution in [0.4, 0.5) is 29.3 Å². The van der Waals surface area contributed by atoms with Crippen molar-refractivity contribution in [1.29, 1.82) is 0 Å². The Kier molecular flexibility index (Phi) is 8.00. The Morgan fingerprint density at radius 2 is 1.88 bits per heavy atom. The monoisotopic (exact) mass is 460 g/mol. The van der Waals surface area contributed by atoms with Crippen molar-refractivity contribution >= 4 is 29.3 Å². The van der Waals surface area contributed by atoms with Crippen LogP contribution in [0.15, 0.2) is 18.2 Å². The lowest BCUT2D eigenvalue weighted by molar-refractivity contribution is -0.384. The molecule has 0 spiro atoms. The average Bonchev–Trinajstić information content (AvgIpc) is 2.70. The lowest BCUT2D eigenvalue weighted by Gasteiger charge is -2.32. The van der Waals surface area contributed by atoms with E-state index in [1.807, 2.05) is 5.32 Å². The van der Waals surface area contributed by atoms with Gasteiger partial charge in [-0.15, -0.1) is 0 Å². The second-order valence-corrected chi connectivity index (χ2v) is 7.50. The molecule has 0 saturated carbocycles. The van der Waals surface area contributed by atoms with Gasteiger partial charge in [-0.05, 0) is 38.8 Å². The van der Waals surface area contributed by atoms with Crippen molar-refractivity contribution in [2.24, 2.45) is 5.92 Å². The molecule has 1 fully saturated rings. The predicted molar refractivity (Wildman–Crippen MR) is 106 cm³/mol. The highest BCUT2D eigenvalue weighted by Gasteiger charge is 2.35. The molecule has 13 heteroatoms. The summed E-state index contributed by atoms with van der Waals surface area (Å²) in [6.07, 6.45) is -4.25. The van der Waals surface area contributed by atoms with E-state index in [0.29, 0.717) is 6.07 Å². The SMILES string of the molecule is CC(C)NC(=O)NC(=O)COC(=O)C1CCN(c2ccc(C(F)(F)F)cc2[N+](=O)[O-])CC1. The molecule has 0 bridgehead atoms. The quantitative estimate of drug-likeness (QED) is 0.379. The van der Waals surface area contributed by atoms with E-state index in [1.54, 1.807) is 13.8 Å². The molecule has 1 saturated heterocycles. The standard InChI is InChI=1S/C19H23F3N4O6/c1-11(2)23-18(29)24-16(27)10-32-17(28)12-5-7-25(8-6-12)14-4-3-13(19(20,21)22)9-15(14)26(30)31/h3-4,9,11-12H,5-8,10H2,1-2H3,(H2,23,24,27,29). The molecule has 10 nitrogen and oxygen atoms in total. The molecule has 0 radical (unpaired) electrons. The summed E-state index contributed by atoms with van der Waals surface area (Å²) in [5.74, 6) is -2.04. The molecule has 3 amide bonds. The lowest BCUT2D eigenvalue weighted by Crippen LogP contribution is -2.44. The second-order valence-electron chi connectivity index (χ2n) is 7.50. The Morgan fingerprint density at radius 1 is 1.25 bits per heavy atom. The lowest BCUT2D eigenvalue weighted by atomic mass is 9.96. The summed E-state index contributed by atoms with van der Waals surface area (Å²) in [6.45, 7) is 3.12. The Hall–Kier alpha value is -3.38. The first-order valence-electron chi connectivity index (χ1n) is 9.76. The molecular formula is C19H23F3N4O6. The molecule has 0 aliphatic carbocycles. The van der Waals surface area contributed by atoms with Crippen LogP contribution < -0.4 is 15.5 Å². The van der Waals surface area contributed by atoms with Crippen molar-refractivity contribution < 1.29 is 37.2 Å². The van der Waals surface area contributed by atoms with Gasteiger partial charge in [-0.25, -0.2) is 4.79 Å². The number of esters is 1. The number of halogens is 3. The summed E-state index contributed by atoms with van der Waals surface area (Å²) < 4.78 is 43.5. The van der Waals surface area contributed by atoms with Gasteiger partial charge >= 0.3 is 18.2 Å². The fourth-order valence-electron chi connectivity index (χ4n) is 3.19. The number of anilines is 1. The van der Waals surface area contributed by atoms with Gasteiger partial charge < -0.3 is 15.0 Å². The minimum atomic E-state index is -4.71. The maximum atomic E-state index is 12.9. The van der Waals surface area contributed by atoms with E-state index >= 15 is 0 Å². The number of ether oxygens (including phenoxy) is 1. The molecular weight excluding hydrogens is 437 g/mol. The number of hydrogen-bond acceptors (Lipinski definition) is 7. The van der Waals surface area contributed by atoms with Crippen molar-refractivity contribution in [3.8, 4) is 0 Å². The summed E-state index contributed by atoms with van der Waals surface area (Å²) in [6, 6.07) is 1.41. The number of carbonyl (C=O) groups is 3. The molecule has 1 aromatic rings. The normalized spacial score (nSPS) is 14.8. The Balaban J connectivity index is 1.91. The van der Waals surface area contributed by atoms with Gasteiger partial charge in [0.2, 0.25) is 0 Å². The van der Waals surface area contributed by atoms with Crippen molar-refractivity contribution in [3.63, 3.8) is 0 Å². The molecule has 1 heterocycles. The van der Waals surface area contributed by atoms with Crippen molar-refractivity contribution in [1.82, 2.24) is 10.6 Å². The molecule has 0 aromatic heterocycles. The first kappa shape index (κ1) is 24.9. The predicted octanol–water partition coefficient (Wildman–Crippen LogP) is 2.61. The van der Waals surface area contributed by atoms with E-state index in [1.165, 1.54) is 4.90 Å². The van der Waals surface area contributed by atoms with Gasteiger partial charge in [-0.1, -0.05) is 0 Å². The first-order chi connectivity index (χ1) is 14.9. The van der Waals surface area contributed by atoms with Crippen LogP contribution in [0.25, 0.3) is 0 Å². The molecule has 32 heavy (non-hydrogen) atoms. The third-order valence-electron chi connectivity index (χ3n) is 4.69. The fourth-order valence-corrected chi connectivity index (χ4v) is 3.19. The second kappa shape index (κ2) is 10.3. The largest absolute Gasteiger partial charge is 0.455 e. The third kappa shape index (κ3) is 6.82. The van der Waals surface area contributed by atoms with Gasteiger partial charge in [0, 0.05) is 25.2 Å². The van der Waals surface area contributed by atoms with Crippen molar-refractivity contribution in [2.75, 3.05) is 24.6 Å². The molecule has 2 N–H and O–H groups in total. The van der Waals surface area contributed by atoms with Crippen LogP contribution in [0, 0.1) is 16.0 Å². The van der Waals surface area contributed by atoms with Crippen LogP contribution in [0.1, 0.15) is 32.3 Å². The Labute approximate surface area is 181 Å². The zero-order valence-corrected chi connectivity index (χ0v) is 17.4. The maximum Gasteiger partial charge on any atom is 0.416 e. The van der Waals surface area contributed by atoms with Gasteiger partial charge in [0.15, 0.2) is 6.61 Å². The van der Waals surface area contributed by atoms with E-state index in [0.717, 1.165) is 12.1 Å². The number of piperidine rings is 1. The number of benzene rings is 1. The summed E-state index contributed by atoms with van der Waals surface area (Å²) >= 11 is 0. The van der Waals surface area contributed by atoms with Crippen LogP contribution in [-0.4, -0.2) is 48.6 Å². The third-order valence-corrected chi connectivity index (χ3v) is 4.69. The molecule has 0 atom stereocenters. The van der Waals surface area contributed by atoms with Crippen molar-refractivity contribution in [2.45, 2.75) is 38.9 Å². The smallest absolute Gasteiger partial charge is 0.416 e. The number of alkyl halides is 3. The van der Waals surface area contributed by atoms with Gasteiger partial charge in [0.05, 0.1) is 16.4 Å². The molecule has 1 aromatic carbocycles. The van der Waals surface area contributed by atoms with Crippen LogP contribution >= 0.6 is 0 Å². The molecule has 1 aliphatic rings. The number of nitrogens with one attached hydrogen (secondary N) is 2. The Bertz CT molecular complexity index is 882. The molecule has 1 aliphatic heterocycles. The molecule has 2 rings (SSSR count). The van der Waals surface area contributed by atoms with E-state index in [4.69, 9.17) is 4.74 Å². The minimum Gasteiger partial charge on any atom is -0.455 e.